The van der Waals surface area contributed by atoms with Gasteiger partial charge in [0.05, 0.1) is 14.2 Å². The molecule has 0 aliphatic heterocycles. The van der Waals surface area contributed by atoms with Crippen LogP contribution in [0.2, 0.25) is 0 Å². The maximum absolute atomic E-state index is 13.0. The van der Waals surface area contributed by atoms with Crippen LogP contribution in [0.25, 0.3) is 0 Å². The second kappa shape index (κ2) is 4.09. The van der Waals surface area contributed by atoms with Crippen LogP contribution in [0.5, 0.6) is 11.5 Å². The van der Waals surface area contributed by atoms with E-state index in [9.17, 15) is 9.50 Å². The van der Waals surface area contributed by atoms with Gasteiger partial charge in [0.1, 0.15) is 12.4 Å². The molecule has 71 valence electrons. The third kappa shape index (κ3) is 1.89. The Bertz CT molecular complexity index is 299. The van der Waals surface area contributed by atoms with Crippen molar-refractivity contribution in [2.24, 2.45) is 0 Å². The normalized spacial score (nSPS) is 9.85. The van der Waals surface area contributed by atoms with Crippen molar-refractivity contribution in [3.8, 4) is 11.5 Å². The van der Waals surface area contributed by atoms with Crippen LogP contribution in [0.15, 0.2) is 12.1 Å². The molecule has 1 rings (SSSR count). The lowest BCUT2D eigenvalue weighted by Gasteiger charge is -2.08. The fraction of sp³-hybridized carbons (Fsp3) is 0.333. The summed E-state index contributed by atoms with van der Waals surface area (Å²) in [4.78, 5) is 0. The first-order chi connectivity index (χ1) is 6.22. The Labute approximate surface area is 75.7 Å². The summed E-state index contributed by atoms with van der Waals surface area (Å²) >= 11 is 0. The quantitative estimate of drug-likeness (QED) is 0.719. The van der Waals surface area contributed by atoms with Crippen molar-refractivity contribution < 1.29 is 19.0 Å². The molecule has 1 aromatic carbocycles. The second-order valence-electron chi connectivity index (χ2n) is 2.44. The summed E-state index contributed by atoms with van der Waals surface area (Å²) < 4.78 is 22.8. The Kier molecular flexibility index (Phi) is 3.08. The zero-order chi connectivity index (χ0) is 9.84. The van der Waals surface area contributed by atoms with Gasteiger partial charge >= 0.3 is 0 Å². The lowest BCUT2D eigenvalue weighted by Crippen LogP contribution is -1.95. The Morgan fingerprint density at radius 2 is 1.77 bits per heavy atom. The van der Waals surface area contributed by atoms with Crippen LogP contribution < -0.4 is 9.47 Å². The molecule has 0 heterocycles. The molecule has 1 radical (unpaired) electrons. The topological polar surface area (TPSA) is 38.4 Å². The summed E-state index contributed by atoms with van der Waals surface area (Å²) in [5, 5.41) is 10.5. The maximum atomic E-state index is 13.0. The van der Waals surface area contributed by atoms with Crippen molar-refractivity contribution >= 4 is 0 Å². The van der Waals surface area contributed by atoms with Crippen LogP contribution >= 0.6 is 0 Å². The SMILES string of the molecule is COc1cc(F)c(C[O])cc1OC. The molecule has 3 nitrogen and oxygen atoms in total. The monoisotopic (exact) mass is 185 g/mol. The molecule has 0 spiro atoms. The Hall–Kier alpha value is -1.29. The van der Waals surface area contributed by atoms with E-state index in [0.29, 0.717) is 5.75 Å². The van der Waals surface area contributed by atoms with Gasteiger partial charge in [-0.1, -0.05) is 0 Å². The molecule has 0 unspecified atom stereocenters. The first-order valence-corrected chi connectivity index (χ1v) is 3.71. The Morgan fingerprint density at radius 1 is 1.23 bits per heavy atom. The van der Waals surface area contributed by atoms with E-state index in [4.69, 9.17) is 9.47 Å². The molecule has 0 atom stereocenters. The molecule has 0 saturated carbocycles. The maximum Gasteiger partial charge on any atom is 0.163 e. The van der Waals surface area contributed by atoms with Gasteiger partial charge in [0.15, 0.2) is 11.5 Å². The van der Waals surface area contributed by atoms with Gasteiger partial charge in [-0.25, -0.2) is 9.50 Å². The summed E-state index contributed by atoms with van der Waals surface area (Å²) in [6, 6.07) is 2.49. The van der Waals surface area contributed by atoms with Crippen LogP contribution in [-0.2, 0) is 11.7 Å². The lowest BCUT2D eigenvalue weighted by molar-refractivity contribution is 0.173. The molecule has 0 aromatic heterocycles. The average molecular weight is 185 g/mol. The number of ether oxygens (including phenoxy) is 2. The molecular weight excluding hydrogens is 175 g/mol. The smallest absolute Gasteiger partial charge is 0.163 e. The standard InChI is InChI=1S/C9H10FO3/c1-12-8-3-6(5-11)7(10)4-9(8)13-2/h3-4H,5H2,1-2H3. The highest BCUT2D eigenvalue weighted by Gasteiger charge is 2.10. The number of rotatable bonds is 3. The second-order valence-corrected chi connectivity index (χ2v) is 2.44. The van der Waals surface area contributed by atoms with Crippen molar-refractivity contribution in [3.63, 3.8) is 0 Å². The minimum absolute atomic E-state index is 0.0812. The van der Waals surface area contributed by atoms with Gasteiger partial charge in [0.2, 0.25) is 0 Å². The molecule has 0 N–H and O–H groups in total. The van der Waals surface area contributed by atoms with E-state index in [-0.39, 0.29) is 11.3 Å². The number of methoxy groups -OCH3 is 2. The Morgan fingerprint density at radius 3 is 2.23 bits per heavy atom. The zero-order valence-electron chi connectivity index (χ0n) is 7.46. The molecule has 0 aliphatic carbocycles. The highest BCUT2D eigenvalue weighted by atomic mass is 19.1. The molecule has 4 heteroatoms. The van der Waals surface area contributed by atoms with Gasteiger partial charge in [-0.3, -0.25) is 0 Å². The van der Waals surface area contributed by atoms with Crippen LogP contribution in [-0.4, -0.2) is 14.2 Å². The predicted molar refractivity (Wildman–Crippen MR) is 43.9 cm³/mol. The molecule has 0 saturated heterocycles. The predicted octanol–water partition coefficient (Wildman–Crippen LogP) is 1.77. The minimum Gasteiger partial charge on any atom is -0.493 e. The van der Waals surface area contributed by atoms with Gasteiger partial charge < -0.3 is 9.47 Å². The van der Waals surface area contributed by atoms with E-state index in [1.165, 1.54) is 20.3 Å². The average Bonchev–Trinajstić information content (AvgIpc) is 2.17. The van der Waals surface area contributed by atoms with Crippen molar-refractivity contribution in [2.75, 3.05) is 14.2 Å². The van der Waals surface area contributed by atoms with Crippen molar-refractivity contribution in [1.82, 2.24) is 0 Å². The fourth-order valence-electron chi connectivity index (χ4n) is 1.01. The molecule has 13 heavy (non-hydrogen) atoms. The van der Waals surface area contributed by atoms with Crippen molar-refractivity contribution in [3.05, 3.63) is 23.5 Å². The fourth-order valence-corrected chi connectivity index (χ4v) is 1.01. The highest BCUT2D eigenvalue weighted by molar-refractivity contribution is 5.43. The molecule has 0 bridgehead atoms. The summed E-state index contributed by atoms with van der Waals surface area (Å²) in [6.45, 7) is -0.605. The van der Waals surface area contributed by atoms with Crippen LogP contribution in [0, 0.1) is 5.82 Å². The molecule has 0 aliphatic rings. The first-order valence-electron chi connectivity index (χ1n) is 3.71. The third-order valence-electron chi connectivity index (χ3n) is 1.71. The van der Waals surface area contributed by atoms with E-state index in [1.807, 2.05) is 0 Å². The molecule has 0 fully saturated rings. The van der Waals surface area contributed by atoms with Gasteiger partial charge in [0.25, 0.3) is 0 Å². The number of benzene rings is 1. The number of hydrogen-bond acceptors (Lipinski definition) is 2. The summed E-state index contributed by atoms with van der Waals surface area (Å²) in [6.07, 6.45) is 0. The van der Waals surface area contributed by atoms with Gasteiger partial charge in [0, 0.05) is 11.6 Å². The van der Waals surface area contributed by atoms with E-state index in [1.54, 1.807) is 0 Å². The Balaban J connectivity index is 3.18. The van der Waals surface area contributed by atoms with Gasteiger partial charge in [-0.15, -0.1) is 0 Å². The van der Waals surface area contributed by atoms with Crippen LogP contribution in [0.3, 0.4) is 0 Å². The lowest BCUT2D eigenvalue weighted by atomic mass is 10.2. The van der Waals surface area contributed by atoms with E-state index in [2.05, 4.69) is 0 Å². The number of halogens is 1. The first kappa shape index (κ1) is 9.80. The molecule has 1 aromatic rings. The van der Waals surface area contributed by atoms with Crippen molar-refractivity contribution in [2.45, 2.75) is 6.61 Å². The highest BCUT2D eigenvalue weighted by Crippen LogP contribution is 2.29. The van der Waals surface area contributed by atoms with E-state index in [0.717, 1.165) is 6.07 Å². The molecule has 0 amide bonds. The van der Waals surface area contributed by atoms with E-state index >= 15 is 0 Å². The summed E-state index contributed by atoms with van der Waals surface area (Å²) in [7, 11) is 2.85. The van der Waals surface area contributed by atoms with Crippen LogP contribution in [0.4, 0.5) is 4.39 Å². The van der Waals surface area contributed by atoms with Gasteiger partial charge in [-0.05, 0) is 6.07 Å². The summed E-state index contributed by atoms with van der Waals surface area (Å²) in [5.41, 5.74) is 0.0812. The van der Waals surface area contributed by atoms with Gasteiger partial charge in [-0.2, -0.15) is 0 Å². The third-order valence-corrected chi connectivity index (χ3v) is 1.71. The largest absolute Gasteiger partial charge is 0.493 e. The van der Waals surface area contributed by atoms with Crippen molar-refractivity contribution in [1.29, 1.82) is 0 Å². The van der Waals surface area contributed by atoms with Crippen LogP contribution in [0.1, 0.15) is 5.56 Å². The minimum atomic E-state index is -0.605. The zero-order valence-corrected chi connectivity index (χ0v) is 7.46. The number of hydrogen-bond donors (Lipinski definition) is 0. The summed E-state index contributed by atoms with van der Waals surface area (Å²) in [5.74, 6) is 0.0969. The van der Waals surface area contributed by atoms with E-state index < -0.39 is 12.4 Å². The molecular formula is C9H10FO3.